The first kappa shape index (κ1) is 23.1. The summed E-state index contributed by atoms with van der Waals surface area (Å²) in [5.41, 5.74) is 7.60. The summed E-state index contributed by atoms with van der Waals surface area (Å²) < 4.78 is 6.08. The molecule has 2 saturated heterocycles. The van der Waals surface area contributed by atoms with Gasteiger partial charge in [-0.25, -0.2) is 9.97 Å². The smallest absolute Gasteiger partial charge is 0.261 e. The standard InChI is InChI=1S/C25H30N6O4/c1-24(15-32)11-16-9-18(30-23(34)17(13-26)22-27-5-2-6-28-22)19(10-20(16)35-24)31-7-3-25(4-8-31)12-21(33)29-14-25/h2,5-6,9-10,13,32H,3-4,7-8,11-12,14-15,26H2,1H3,(H,29,33)(H,30,34)/b17-13+/t24-/m0/s1. The third-order valence-corrected chi connectivity index (χ3v) is 7.26. The van der Waals surface area contributed by atoms with E-state index in [4.69, 9.17) is 10.5 Å². The highest BCUT2D eigenvalue weighted by molar-refractivity contribution is 6.24. The predicted molar refractivity (Wildman–Crippen MR) is 131 cm³/mol. The number of aliphatic hydroxyl groups excluding tert-OH is 1. The van der Waals surface area contributed by atoms with Crippen LogP contribution in [0.15, 0.2) is 36.8 Å². The maximum absolute atomic E-state index is 13.2. The van der Waals surface area contributed by atoms with Crippen molar-refractivity contribution >= 4 is 28.8 Å². The predicted octanol–water partition coefficient (Wildman–Crippen LogP) is 1.21. The number of benzene rings is 1. The van der Waals surface area contributed by atoms with Crippen molar-refractivity contribution in [3.05, 3.63) is 48.2 Å². The van der Waals surface area contributed by atoms with Crippen LogP contribution in [0.2, 0.25) is 0 Å². The highest BCUT2D eigenvalue weighted by atomic mass is 16.5. The van der Waals surface area contributed by atoms with Gasteiger partial charge in [0.05, 0.1) is 23.6 Å². The molecule has 2 amide bonds. The Bertz CT molecular complexity index is 1180. The molecule has 35 heavy (non-hydrogen) atoms. The molecule has 2 aromatic rings. The number of aromatic nitrogens is 2. The molecular formula is C25H30N6O4. The van der Waals surface area contributed by atoms with Gasteiger partial charge in [0.2, 0.25) is 5.91 Å². The summed E-state index contributed by atoms with van der Waals surface area (Å²) in [5.74, 6) is 0.644. The van der Waals surface area contributed by atoms with Crippen LogP contribution in [0.3, 0.4) is 0 Å². The van der Waals surface area contributed by atoms with Crippen molar-refractivity contribution in [3.8, 4) is 5.75 Å². The summed E-state index contributed by atoms with van der Waals surface area (Å²) in [5, 5.41) is 15.8. The number of amides is 2. The Morgan fingerprint density at radius 3 is 2.66 bits per heavy atom. The number of hydrogen-bond donors (Lipinski definition) is 4. The van der Waals surface area contributed by atoms with E-state index in [2.05, 4.69) is 25.5 Å². The second kappa shape index (κ2) is 8.84. The fraction of sp³-hybridized carbons (Fsp3) is 0.440. The number of rotatable bonds is 5. The Morgan fingerprint density at radius 1 is 1.29 bits per heavy atom. The number of carbonyl (C=O) groups is 2. The fourth-order valence-electron chi connectivity index (χ4n) is 5.21. The number of anilines is 2. The summed E-state index contributed by atoms with van der Waals surface area (Å²) >= 11 is 0. The van der Waals surface area contributed by atoms with E-state index in [0.29, 0.717) is 30.8 Å². The van der Waals surface area contributed by atoms with Crippen LogP contribution in [-0.2, 0) is 16.0 Å². The molecule has 3 aliphatic heterocycles. The Labute approximate surface area is 203 Å². The van der Waals surface area contributed by atoms with Gasteiger partial charge in [-0.05, 0) is 37.3 Å². The zero-order valence-corrected chi connectivity index (χ0v) is 19.7. The lowest BCUT2D eigenvalue weighted by atomic mass is 9.77. The molecule has 1 atom stereocenters. The van der Waals surface area contributed by atoms with Gasteiger partial charge >= 0.3 is 0 Å². The average Bonchev–Trinajstić information content (AvgIpc) is 3.39. The first-order valence-corrected chi connectivity index (χ1v) is 11.8. The summed E-state index contributed by atoms with van der Waals surface area (Å²) in [6, 6.07) is 5.52. The molecule has 10 nitrogen and oxygen atoms in total. The second-order valence-electron chi connectivity index (χ2n) is 9.91. The van der Waals surface area contributed by atoms with E-state index in [1.807, 2.05) is 19.1 Å². The van der Waals surface area contributed by atoms with E-state index in [1.165, 1.54) is 6.20 Å². The highest BCUT2D eigenvalue weighted by Gasteiger charge is 2.42. The number of nitrogens with two attached hydrogens (primary N) is 1. The van der Waals surface area contributed by atoms with E-state index in [0.717, 1.165) is 37.2 Å². The number of ether oxygens (including phenoxy) is 1. The summed E-state index contributed by atoms with van der Waals surface area (Å²) in [4.78, 5) is 35.6. The molecule has 2 fully saturated rings. The molecule has 1 aromatic heterocycles. The topological polar surface area (TPSA) is 143 Å². The van der Waals surface area contributed by atoms with Gasteiger partial charge in [-0.1, -0.05) is 0 Å². The lowest BCUT2D eigenvalue weighted by molar-refractivity contribution is -0.119. The monoisotopic (exact) mass is 478 g/mol. The van der Waals surface area contributed by atoms with Crippen LogP contribution in [0.4, 0.5) is 11.4 Å². The molecule has 5 N–H and O–H groups in total. The molecule has 5 rings (SSSR count). The van der Waals surface area contributed by atoms with Crippen LogP contribution in [0.5, 0.6) is 5.75 Å². The van der Waals surface area contributed by atoms with Crippen LogP contribution >= 0.6 is 0 Å². The number of piperidine rings is 1. The zero-order chi connectivity index (χ0) is 24.6. The second-order valence-corrected chi connectivity index (χ2v) is 9.91. The minimum Gasteiger partial charge on any atom is -0.484 e. The van der Waals surface area contributed by atoms with Gasteiger partial charge in [-0.3, -0.25) is 9.59 Å². The number of fused-ring (bicyclic) bond motifs is 1. The van der Waals surface area contributed by atoms with Crippen LogP contribution < -0.4 is 26.0 Å². The molecule has 3 aliphatic rings. The van der Waals surface area contributed by atoms with Gasteiger partial charge in [0.25, 0.3) is 5.91 Å². The number of carbonyl (C=O) groups excluding carboxylic acids is 2. The van der Waals surface area contributed by atoms with Crippen LogP contribution in [0, 0.1) is 5.41 Å². The molecule has 0 bridgehead atoms. The van der Waals surface area contributed by atoms with Crippen molar-refractivity contribution in [2.75, 3.05) is 36.5 Å². The summed E-state index contributed by atoms with van der Waals surface area (Å²) in [6.07, 6.45) is 7.15. The minimum absolute atomic E-state index is 0.000210. The first-order valence-electron chi connectivity index (χ1n) is 11.8. The Kier molecular flexibility index (Phi) is 5.84. The van der Waals surface area contributed by atoms with Crippen molar-refractivity contribution in [2.45, 2.75) is 38.2 Å². The van der Waals surface area contributed by atoms with Crippen molar-refractivity contribution in [2.24, 2.45) is 11.1 Å². The minimum atomic E-state index is -0.704. The lowest BCUT2D eigenvalue weighted by Crippen LogP contribution is -2.41. The summed E-state index contributed by atoms with van der Waals surface area (Å²) in [7, 11) is 0. The van der Waals surface area contributed by atoms with Crippen molar-refractivity contribution in [3.63, 3.8) is 0 Å². The molecule has 1 spiro atoms. The van der Waals surface area contributed by atoms with E-state index in [-0.39, 0.29) is 29.3 Å². The van der Waals surface area contributed by atoms with E-state index in [1.54, 1.807) is 18.5 Å². The summed E-state index contributed by atoms with van der Waals surface area (Å²) in [6.45, 7) is 3.96. The lowest BCUT2D eigenvalue weighted by Gasteiger charge is -2.40. The fourth-order valence-corrected chi connectivity index (χ4v) is 5.21. The van der Waals surface area contributed by atoms with Crippen molar-refractivity contribution in [1.29, 1.82) is 0 Å². The van der Waals surface area contributed by atoms with Crippen molar-refractivity contribution in [1.82, 2.24) is 15.3 Å². The van der Waals surface area contributed by atoms with E-state index < -0.39 is 11.5 Å². The molecule has 0 unspecified atom stereocenters. The SMILES string of the molecule is C[C@@]1(CO)Cc2cc(NC(=O)/C(=C/N)c3ncccn3)c(N3CCC4(CC3)CNC(=O)C4)cc2O1. The third kappa shape index (κ3) is 4.41. The number of hydrogen-bond acceptors (Lipinski definition) is 8. The van der Waals surface area contributed by atoms with E-state index in [9.17, 15) is 14.7 Å². The maximum Gasteiger partial charge on any atom is 0.261 e. The number of aliphatic hydroxyl groups is 1. The maximum atomic E-state index is 13.2. The molecule has 1 aromatic carbocycles. The highest BCUT2D eigenvalue weighted by Crippen LogP contribution is 2.45. The van der Waals surface area contributed by atoms with E-state index >= 15 is 0 Å². The van der Waals surface area contributed by atoms with Crippen LogP contribution in [0.1, 0.15) is 37.6 Å². The molecule has 184 valence electrons. The number of nitrogens with zero attached hydrogens (tertiary/aromatic N) is 3. The first-order chi connectivity index (χ1) is 16.8. The Hall–Kier alpha value is -3.66. The van der Waals surface area contributed by atoms with Gasteiger partial charge in [0.15, 0.2) is 5.82 Å². The largest absolute Gasteiger partial charge is 0.484 e. The molecule has 0 saturated carbocycles. The van der Waals surface area contributed by atoms with Crippen LogP contribution in [0.25, 0.3) is 5.57 Å². The third-order valence-electron chi connectivity index (χ3n) is 7.26. The molecule has 0 aliphatic carbocycles. The Morgan fingerprint density at radius 2 is 2.03 bits per heavy atom. The van der Waals surface area contributed by atoms with Gasteiger partial charge in [0, 0.05) is 62.7 Å². The molecule has 10 heteroatoms. The Balaban J connectivity index is 1.44. The molecule has 4 heterocycles. The zero-order valence-electron chi connectivity index (χ0n) is 19.7. The number of nitrogens with one attached hydrogen (secondary N) is 2. The van der Waals surface area contributed by atoms with Gasteiger partial charge < -0.3 is 31.1 Å². The van der Waals surface area contributed by atoms with Crippen LogP contribution in [-0.4, -0.2) is 58.7 Å². The van der Waals surface area contributed by atoms with Gasteiger partial charge in [-0.2, -0.15) is 0 Å². The normalized spacial score (nSPS) is 23.1. The van der Waals surface area contributed by atoms with Gasteiger partial charge in [-0.15, -0.1) is 0 Å². The van der Waals surface area contributed by atoms with Gasteiger partial charge in [0.1, 0.15) is 11.4 Å². The molecular weight excluding hydrogens is 448 g/mol. The average molecular weight is 479 g/mol. The molecule has 0 radical (unpaired) electrons. The quantitative estimate of drug-likeness (QED) is 0.470. The van der Waals surface area contributed by atoms with Crippen molar-refractivity contribution < 1.29 is 19.4 Å².